The minimum Gasteiger partial charge on any atom is -0.376 e. The number of nitrogens with zero attached hydrogens (tertiary/aromatic N) is 4. The van der Waals surface area contributed by atoms with Crippen LogP contribution in [0.3, 0.4) is 0 Å². The lowest BCUT2D eigenvalue weighted by atomic mass is 10.1. The number of imidazole rings is 1. The maximum absolute atomic E-state index is 6.67. The molecule has 4 atom stereocenters. The van der Waals surface area contributed by atoms with Crippen LogP contribution in [0.15, 0.2) is 97.3 Å². The van der Waals surface area contributed by atoms with Crippen molar-refractivity contribution in [2.45, 2.75) is 42.7 Å². The van der Waals surface area contributed by atoms with Crippen LogP contribution in [-0.4, -0.2) is 43.6 Å². The van der Waals surface area contributed by atoms with E-state index in [1.54, 1.807) is 18.1 Å². The Hall–Kier alpha value is -2.98. The van der Waals surface area contributed by atoms with Crippen LogP contribution in [0.4, 0.5) is 0 Å². The second-order valence-corrected chi connectivity index (χ2v) is 11.8. The SMILES string of the molecule is Clc1nc(Cl)c2ncn([C@H]3S[C@H](COCc4ccccc4)[C@@H](OCc4ccccc4)[C@@H]3OCc3ccccc3)c2n1. The summed E-state index contributed by atoms with van der Waals surface area (Å²) in [6, 6.07) is 30.4. The van der Waals surface area contributed by atoms with E-state index in [0.29, 0.717) is 37.6 Å². The van der Waals surface area contributed by atoms with Crippen LogP contribution < -0.4 is 0 Å². The molecule has 1 aliphatic rings. The molecule has 1 aliphatic heterocycles. The zero-order valence-corrected chi connectivity index (χ0v) is 24.4. The number of hydrogen-bond donors (Lipinski definition) is 0. The highest BCUT2D eigenvalue weighted by atomic mass is 35.5. The van der Waals surface area contributed by atoms with Crippen LogP contribution in [0, 0.1) is 0 Å². The third kappa shape index (κ3) is 6.75. The normalized spacial score (nSPS) is 20.5. The number of hydrogen-bond acceptors (Lipinski definition) is 7. The van der Waals surface area contributed by atoms with Gasteiger partial charge in [0.15, 0.2) is 10.8 Å². The summed E-state index contributed by atoms with van der Waals surface area (Å²) < 4.78 is 21.5. The summed E-state index contributed by atoms with van der Waals surface area (Å²) in [5.74, 6) is 0. The molecule has 10 heteroatoms. The summed E-state index contributed by atoms with van der Waals surface area (Å²) in [5.41, 5.74) is 4.32. The highest BCUT2D eigenvalue weighted by molar-refractivity contribution is 8.00. The van der Waals surface area contributed by atoms with Gasteiger partial charge in [0.25, 0.3) is 0 Å². The summed E-state index contributed by atoms with van der Waals surface area (Å²) >= 11 is 14.3. The summed E-state index contributed by atoms with van der Waals surface area (Å²) in [4.78, 5) is 13.0. The molecule has 3 heterocycles. The number of ether oxygens (including phenoxy) is 3. The van der Waals surface area contributed by atoms with E-state index in [9.17, 15) is 0 Å². The van der Waals surface area contributed by atoms with Gasteiger partial charge in [-0.3, -0.25) is 4.57 Å². The average Bonchev–Trinajstić information content (AvgIpc) is 3.57. The molecule has 7 nitrogen and oxygen atoms in total. The lowest BCUT2D eigenvalue weighted by Crippen LogP contribution is -2.38. The molecule has 0 N–H and O–H groups in total. The number of halogens is 2. The predicted molar refractivity (Wildman–Crippen MR) is 162 cm³/mol. The van der Waals surface area contributed by atoms with Gasteiger partial charge in [0, 0.05) is 0 Å². The Morgan fingerprint density at radius 3 is 1.88 bits per heavy atom. The van der Waals surface area contributed by atoms with E-state index in [4.69, 9.17) is 37.4 Å². The average molecular weight is 608 g/mol. The van der Waals surface area contributed by atoms with E-state index in [0.717, 1.165) is 16.7 Å². The third-order valence-corrected chi connectivity index (χ3v) is 8.84. The molecular weight excluding hydrogens is 579 g/mol. The second-order valence-electron chi connectivity index (χ2n) is 9.70. The fourth-order valence-corrected chi connectivity index (χ4v) is 6.91. The lowest BCUT2D eigenvalue weighted by molar-refractivity contribution is -0.0913. The first-order valence-electron chi connectivity index (χ1n) is 13.3. The Bertz CT molecular complexity index is 1560. The Morgan fingerprint density at radius 1 is 0.707 bits per heavy atom. The molecule has 0 spiro atoms. The van der Waals surface area contributed by atoms with Crippen molar-refractivity contribution in [2.75, 3.05) is 6.61 Å². The quantitative estimate of drug-likeness (QED) is 0.117. The van der Waals surface area contributed by atoms with Crippen molar-refractivity contribution in [3.8, 4) is 0 Å². The number of rotatable bonds is 11. The molecule has 210 valence electrons. The van der Waals surface area contributed by atoms with Crippen LogP contribution in [0.5, 0.6) is 0 Å². The van der Waals surface area contributed by atoms with Crippen LogP contribution in [-0.2, 0) is 34.0 Å². The Kier molecular flexibility index (Phi) is 9.16. The molecular formula is C31H28Cl2N4O3S. The van der Waals surface area contributed by atoms with E-state index in [-0.39, 0.29) is 33.3 Å². The van der Waals surface area contributed by atoms with Gasteiger partial charge in [0.2, 0.25) is 5.28 Å². The molecule has 41 heavy (non-hydrogen) atoms. The van der Waals surface area contributed by atoms with Gasteiger partial charge in [0.05, 0.1) is 38.0 Å². The number of thioether (sulfide) groups is 1. The van der Waals surface area contributed by atoms with Gasteiger partial charge in [-0.05, 0) is 28.3 Å². The van der Waals surface area contributed by atoms with E-state index < -0.39 is 0 Å². The van der Waals surface area contributed by atoms with E-state index in [1.165, 1.54) is 0 Å². The Balaban J connectivity index is 1.31. The predicted octanol–water partition coefficient (Wildman–Crippen LogP) is 7.13. The van der Waals surface area contributed by atoms with Gasteiger partial charge in [-0.15, -0.1) is 11.8 Å². The number of aromatic nitrogens is 4. The summed E-state index contributed by atoms with van der Waals surface area (Å²) in [7, 11) is 0. The smallest absolute Gasteiger partial charge is 0.225 e. The van der Waals surface area contributed by atoms with Crippen molar-refractivity contribution in [3.63, 3.8) is 0 Å². The highest BCUT2D eigenvalue weighted by Crippen LogP contribution is 2.47. The molecule has 1 fully saturated rings. The minimum absolute atomic E-state index is 0.0292. The topological polar surface area (TPSA) is 71.3 Å². The molecule has 5 aromatic rings. The first-order chi connectivity index (χ1) is 20.2. The van der Waals surface area contributed by atoms with Crippen molar-refractivity contribution in [3.05, 3.63) is 124 Å². The molecule has 3 aromatic carbocycles. The van der Waals surface area contributed by atoms with Gasteiger partial charge >= 0.3 is 0 Å². The molecule has 2 aromatic heterocycles. The van der Waals surface area contributed by atoms with Crippen molar-refractivity contribution >= 4 is 46.1 Å². The summed E-state index contributed by atoms with van der Waals surface area (Å²) in [5, 5.41) is 0.0204. The van der Waals surface area contributed by atoms with Crippen molar-refractivity contribution in [1.29, 1.82) is 0 Å². The molecule has 0 aliphatic carbocycles. The second kappa shape index (κ2) is 13.3. The van der Waals surface area contributed by atoms with Gasteiger partial charge in [-0.2, -0.15) is 4.98 Å². The van der Waals surface area contributed by atoms with E-state index >= 15 is 0 Å². The van der Waals surface area contributed by atoms with Crippen LogP contribution in [0.1, 0.15) is 22.1 Å². The van der Waals surface area contributed by atoms with Gasteiger partial charge in [-0.1, -0.05) is 103 Å². The molecule has 0 bridgehead atoms. The number of fused-ring (bicyclic) bond motifs is 1. The summed E-state index contributed by atoms with van der Waals surface area (Å²) in [6.07, 6.45) is 1.09. The van der Waals surface area contributed by atoms with Crippen molar-refractivity contribution in [1.82, 2.24) is 19.5 Å². The van der Waals surface area contributed by atoms with Crippen molar-refractivity contribution < 1.29 is 14.2 Å². The van der Waals surface area contributed by atoms with Crippen LogP contribution >= 0.6 is 35.0 Å². The molecule has 1 saturated heterocycles. The largest absolute Gasteiger partial charge is 0.376 e. The first-order valence-corrected chi connectivity index (χ1v) is 15.0. The van der Waals surface area contributed by atoms with Crippen LogP contribution in [0.25, 0.3) is 11.2 Å². The van der Waals surface area contributed by atoms with Gasteiger partial charge in [0.1, 0.15) is 23.1 Å². The number of benzene rings is 3. The lowest BCUT2D eigenvalue weighted by Gasteiger charge is -2.27. The fourth-order valence-electron chi connectivity index (χ4n) is 4.89. The Morgan fingerprint density at radius 2 is 1.27 bits per heavy atom. The molecule has 0 amide bonds. The molecule has 0 radical (unpaired) electrons. The van der Waals surface area contributed by atoms with Crippen LogP contribution in [0.2, 0.25) is 10.4 Å². The molecule has 0 saturated carbocycles. The minimum atomic E-state index is -0.348. The van der Waals surface area contributed by atoms with Gasteiger partial charge in [-0.25, -0.2) is 9.97 Å². The monoisotopic (exact) mass is 606 g/mol. The highest BCUT2D eigenvalue weighted by Gasteiger charge is 2.47. The zero-order valence-electron chi connectivity index (χ0n) is 22.1. The summed E-state index contributed by atoms with van der Waals surface area (Å²) in [6.45, 7) is 1.86. The third-order valence-electron chi connectivity index (χ3n) is 6.88. The standard InChI is InChI=1S/C31H28Cl2N4O3S/c32-28-25-29(36-31(33)35-28)37(20-34-25)30-27(40-18-23-14-8-3-9-15-23)26(39-17-22-12-6-2-7-13-22)24(41-30)19-38-16-21-10-4-1-5-11-21/h1-15,20,24,26-27,30H,16-19H2/t24-,26-,27+,30+/m1/s1. The van der Waals surface area contributed by atoms with E-state index in [1.807, 2.05) is 59.2 Å². The maximum Gasteiger partial charge on any atom is 0.225 e. The first kappa shape index (κ1) is 28.2. The fraction of sp³-hybridized carbons (Fsp3) is 0.258. The maximum atomic E-state index is 6.67. The van der Waals surface area contributed by atoms with E-state index in [2.05, 4.69) is 51.4 Å². The van der Waals surface area contributed by atoms with Gasteiger partial charge < -0.3 is 14.2 Å². The Labute approximate surface area is 252 Å². The molecule has 0 unspecified atom stereocenters. The molecule has 6 rings (SSSR count). The van der Waals surface area contributed by atoms with Crippen molar-refractivity contribution in [2.24, 2.45) is 0 Å². The zero-order chi connectivity index (χ0) is 28.0.